The lowest BCUT2D eigenvalue weighted by molar-refractivity contribution is 0.132. The van der Waals surface area contributed by atoms with Gasteiger partial charge < -0.3 is 9.67 Å². The summed E-state index contributed by atoms with van der Waals surface area (Å²) >= 11 is 1.76. The lowest BCUT2D eigenvalue weighted by Crippen LogP contribution is -2.19. The number of aromatic nitrogens is 3. The second-order valence-electron chi connectivity index (χ2n) is 9.50. The molecule has 2 aromatic carbocycles. The summed E-state index contributed by atoms with van der Waals surface area (Å²) in [7, 11) is 0. The molecule has 1 saturated carbocycles. The number of aliphatic hydroxyl groups excluding tert-OH is 1. The summed E-state index contributed by atoms with van der Waals surface area (Å²) in [6, 6.07) is 20.8. The first-order valence-corrected chi connectivity index (χ1v) is 13.2. The number of fused-ring (bicyclic) bond motifs is 2. The molecular formula is C30H26N4OS. The number of thioether (sulfide) groups is 1. The Bertz CT molecular complexity index is 1630. The zero-order chi connectivity index (χ0) is 24.6. The van der Waals surface area contributed by atoms with Crippen LogP contribution in [0.4, 0.5) is 0 Å². The van der Waals surface area contributed by atoms with E-state index in [1.54, 1.807) is 11.8 Å². The molecule has 36 heavy (non-hydrogen) atoms. The number of nitriles is 1. The van der Waals surface area contributed by atoms with Crippen LogP contribution in [0.2, 0.25) is 0 Å². The van der Waals surface area contributed by atoms with Crippen molar-refractivity contribution in [3.63, 3.8) is 0 Å². The van der Waals surface area contributed by atoms with Gasteiger partial charge in [0.15, 0.2) is 0 Å². The van der Waals surface area contributed by atoms with E-state index in [9.17, 15) is 10.4 Å². The standard InChI is InChI=1S/C30H26N4OS/c1-19-18-34(23-7-6-21(16-31)28(15-23)36-25-10-8-24(35)9-11-25)30-29(19)26(12-13-32-30)22-14-20-4-2-3-5-27(20)33-17-22/h2-7,12-15,17-18,24-25,35H,8-11H2,1H3. The fourth-order valence-corrected chi connectivity index (χ4v) is 6.49. The van der Waals surface area contributed by atoms with Crippen molar-refractivity contribution in [2.24, 2.45) is 0 Å². The van der Waals surface area contributed by atoms with Crippen molar-refractivity contribution in [2.75, 3.05) is 0 Å². The van der Waals surface area contributed by atoms with Crippen LogP contribution in [-0.2, 0) is 0 Å². The highest BCUT2D eigenvalue weighted by Crippen LogP contribution is 2.38. The lowest BCUT2D eigenvalue weighted by Gasteiger charge is -2.25. The van der Waals surface area contributed by atoms with Crippen LogP contribution in [0, 0.1) is 18.3 Å². The molecule has 0 spiro atoms. The van der Waals surface area contributed by atoms with E-state index in [0.29, 0.717) is 10.8 Å². The molecule has 0 aliphatic heterocycles. The normalized spacial score (nSPS) is 17.9. The topological polar surface area (TPSA) is 74.7 Å². The van der Waals surface area contributed by atoms with Gasteiger partial charge in [0.25, 0.3) is 0 Å². The van der Waals surface area contributed by atoms with E-state index < -0.39 is 0 Å². The van der Waals surface area contributed by atoms with Crippen LogP contribution in [0.25, 0.3) is 38.8 Å². The van der Waals surface area contributed by atoms with Crippen molar-refractivity contribution in [1.82, 2.24) is 14.5 Å². The Morgan fingerprint density at radius 2 is 1.86 bits per heavy atom. The smallest absolute Gasteiger partial charge is 0.145 e. The summed E-state index contributed by atoms with van der Waals surface area (Å²) in [4.78, 5) is 10.4. The zero-order valence-electron chi connectivity index (χ0n) is 20.1. The van der Waals surface area contributed by atoms with E-state index in [4.69, 9.17) is 4.98 Å². The number of para-hydroxylation sites is 1. The molecule has 1 aliphatic carbocycles. The molecule has 3 heterocycles. The molecule has 1 fully saturated rings. The predicted molar refractivity (Wildman–Crippen MR) is 145 cm³/mol. The highest BCUT2D eigenvalue weighted by Gasteiger charge is 2.22. The Hall–Kier alpha value is -3.66. The monoisotopic (exact) mass is 490 g/mol. The van der Waals surface area contributed by atoms with E-state index in [0.717, 1.165) is 74.9 Å². The summed E-state index contributed by atoms with van der Waals surface area (Å²) in [5.74, 6) is 0. The third-order valence-electron chi connectivity index (χ3n) is 7.08. The van der Waals surface area contributed by atoms with Gasteiger partial charge >= 0.3 is 0 Å². The first-order chi connectivity index (χ1) is 17.6. The lowest BCUT2D eigenvalue weighted by atomic mass is 9.97. The Morgan fingerprint density at radius 3 is 2.69 bits per heavy atom. The Balaban J connectivity index is 1.42. The maximum absolute atomic E-state index is 9.87. The van der Waals surface area contributed by atoms with Crippen molar-refractivity contribution in [2.45, 2.75) is 48.9 Å². The SMILES string of the molecule is Cc1cn(-c2ccc(C#N)c(SC3CCC(O)CC3)c2)c2nccc(-c3cnc4ccccc4c3)c12. The fraction of sp³-hybridized carbons (Fsp3) is 0.233. The van der Waals surface area contributed by atoms with Crippen molar-refractivity contribution < 1.29 is 5.11 Å². The van der Waals surface area contributed by atoms with Gasteiger partial charge in [-0.1, -0.05) is 18.2 Å². The molecule has 0 atom stereocenters. The van der Waals surface area contributed by atoms with Crippen LogP contribution in [0.15, 0.2) is 78.1 Å². The second-order valence-corrected chi connectivity index (χ2v) is 10.8. The van der Waals surface area contributed by atoms with E-state index in [1.807, 2.05) is 42.7 Å². The molecule has 0 saturated heterocycles. The second kappa shape index (κ2) is 9.42. The molecule has 5 aromatic rings. The summed E-state index contributed by atoms with van der Waals surface area (Å²) in [6.45, 7) is 2.12. The van der Waals surface area contributed by atoms with Crippen molar-refractivity contribution in [1.29, 1.82) is 5.26 Å². The molecule has 5 nitrogen and oxygen atoms in total. The Labute approximate surface area is 214 Å². The Morgan fingerprint density at radius 1 is 1.03 bits per heavy atom. The number of pyridine rings is 2. The number of aryl methyl sites for hydroxylation is 1. The first kappa shape index (κ1) is 22.8. The quantitative estimate of drug-likeness (QED) is 0.299. The highest BCUT2D eigenvalue weighted by atomic mass is 32.2. The maximum Gasteiger partial charge on any atom is 0.145 e. The molecule has 1 N–H and O–H groups in total. The van der Waals surface area contributed by atoms with Gasteiger partial charge in [0.2, 0.25) is 0 Å². The number of benzene rings is 2. The van der Waals surface area contributed by atoms with Crippen LogP contribution in [0.1, 0.15) is 36.8 Å². The van der Waals surface area contributed by atoms with Gasteiger partial charge in [-0.2, -0.15) is 5.26 Å². The number of hydrogen-bond acceptors (Lipinski definition) is 5. The summed E-state index contributed by atoms with van der Waals surface area (Å²) in [5, 5.41) is 22.2. The highest BCUT2D eigenvalue weighted by molar-refractivity contribution is 8.00. The molecule has 6 heteroatoms. The van der Waals surface area contributed by atoms with Crippen molar-refractivity contribution in [3.8, 4) is 22.9 Å². The van der Waals surface area contributed by atoms with E-state index in [1.165, 1.54) is 0 Å². The molecule has 0 amide bonds. The molecule has 0 bridgehead atoms. The average molecular weight is 491 g/mol. The molecule has 0 radical (unpaired) electrons. The first-order valence-electron chi connectivity index (χ1n) is 12.3. The third kappa shape index (κ3) is 4.15. The minimum absolute atomic E-state index is 0.184. The fourth-order valence-electron chi connectivity index (χ4n) is 5.19. The number of nitrogens with zero attached hydrogens (tertiary/aromatic N) is 4. The van der Waals surface area contributed by atoms with Gasteiger partial charge in [-0.25, -0.2) is 4.98 Å². The molecule has 1 aliphatic rings. The van der Waals surface area contributed by atoms with Crippen molar-refractivity contribution in [3.05, 3.63) is 84.3 Å². The predicted octanol–water partition coefficient (Wildman–Crippen LogP) is 6.82. The number of aliphatic hydroxyl groups is 1. The van der Waals surface area contributed by atoms with E-state index in [2.05, 4.69) is 53.0 Å². The molecular weight excluding hydrogens is 464 g/mol. The third-order valence-corrected chi connectivity index (χ3v) is 8.48. The molecule has 0 unspecified atom stereocenters. The minimum atomic E-state index is -0.184. The summed E-state index contributed by atoms with van der Waals surface area (Å²) in [6.07, 6.45) is 9.34. The van der Waals surface area contributed by atoms with E-state index in [-0.39, 0.29) is 6.10 Å². The summed E-state index contributed by atoms with van der Waals surface area (Å²) in [5.41, 5.74) is 6.87. The minimum Gasteiger partial charge on any atom is -0.393 e. The molecule has 3 aromatic heterocycles. The molecule has 178 valence electrons. The zero-order valence-corrected chi connectivity index (χ0v) is 20.9. The largest absolute Gasteiger partial charge is 0.393 e. The number of hydrogen-bond donors (Lipinski definition) is 1. The average Bonchev–Trinajstić information content (AvgIpc) is 3.26. The maximum atomic E-state index is 9.87. The van der Waals surface area contributed by atoms with Gasteiger partial charge in [0.05, 0.1) is 17.2 Å². The van der Waals surface area contributed by atoms with Gasteiger partial charge in [0.1, 0.15) is 11.7 Å². The van der Waals surface area contributed by atoms with Crippen LogP contribution in [-0.4, -0.2) is 31.0 Å². The summed E-state index contributed by atoms with van der Waals surface area (Å²) < 4.78 is 2.12. The Kier molecular flexibility index (Phi) is 5.96. The van der Waals surface area contributed by atoms with Gasteiger partial charge in [-0.15, -0.1) is 11.8 Å². The van der Waals surface area contributed by atoms with Crippen LogP contribution in [0.3, 0.4) is 0 Å². The van der Waals surface area contributed by atoms with Crippen molar-refractivity contribution >= 4 is 33.7 Å². The van der Waals surface area contributed by atoms with Crippen LogP contribution < -0.4 is 0 Å². The van der Waals surface area contributed by atoms with E-state index >= 15 is 0 Å². The van der Waals surface area contributed by atoms with Gasteiger partial charge in [0, 0.05) is 50.8 Å². The van der Waals surface area contributed by atoms with Gasteiger partial charge in [-0.3, -0.25) is 4.98 Å². The van der Waals surface area contributed by atoms with Crippen LogP contribution >= 0.6 is 11.8 Å². The van der Waals surface area contributed by atoms with Crippen LogP contribution in [0.5, 0.6) is 0 Å². The number of rotatable bonds is 4. The molecule has 6 rings (SSSR count). The van der Waals surface area contributed by atoms with Gasteiger partial charge in [-0.05, 0) is 80.1 Å².